The van der Waals surface area contributed by atoms with Gasteiger partial charge in [0.1, 0.15) is 15.8 Å². The molecule has 1 saturated carbocycles. The second-order valence-electron chi connectivity index (χ2n) is 6.17. The lowest BCUT2D eigenvalue weighted by Gasteiger charge is -2.41. The molecule has 8 nitrogen and oxygen atoms in total. The van der Waals surface area contributed by atoms with E-state index in [9.17, 15) is 14.7 Å². The van der Waals surface area contributed by atoms with E-state index in [2.05, 4.69) is 15.5 Å². The molecule has 0 bridgehead atoms. The Kier molecular flexibility index (Phi) is 4.17. The van der Waals surface area contributed by atoms with Crippen LogP contribution in [0.15, 0.2) is 10.9 Å². The van der Waals surface area contributed by atoms with E-state index in [-0.39, 0.29) is 24.1 Å². The number of amides is 1. The average molecular weight is 431 g/mol. The molecule has 1 aliphatic rings. The predicted molar refractivity (Wildman–Crippen MR) is 91.1 cm³/mol. The second kappa shape index (κ2) is 5.86. The first-order chi connectivity index (χ1) is 10.8. The molecule has 2 aromatic heterocycles. The second-order valence-corrected chi connectivity index (χ2v) is 7.27. The van der Waals surface area contributed by atoms with Gasteiger partial charge in [0.25, 0.3) is 5.56 Å². The highest BCUT2D eigenvalue weighted by Gasteiger charge is 2.39. The van der Waals surface area contributed by atoms with E-state index in [4.69, 9.17) is 0 Å². The van der Waals surface area contributed by atoms with Crippen LogP contribution in [0.2, 0.25) is 0 Å². The molecule has 2 aromatic rings. The fourth-order valence-corrected chi connectivity index (χ4v) is 3.41. The van der Waals surface area contributed by atoms with Crippen molar-refractivity contribution in [3.05, 3.63) is 25.9 Å². The van der Waals surface area contributed by atoms with Crippen LogP contribution in [-0.4, -0.2) is 42.1 Å². The van der Waals surface area contributed by atoms with Crippen molar-refractivity contribution in [1.82, 2.24) is 24.7 Å². The van der Waals surface area contributed by atoms with Crippen LogP contribution in [-0.2, 0) is 17.8 Å². The molecular formula is C14H18IN5O3. The van der Waals surface area contributed by atoms with Gasteiger partial charge in [0.15, 0.2) is 5.82 Å². The van der Waals surface area contributed by atoms with Crippen molar-refractivity contribution in [2.75, 3.05) is 0 Å². The van der Waals surface area contributed by atoms with Crippen LogP contribution in [0.4, 0.5) is 0 Å². The van der Waals surface area contributed by atoms with Crippen LogP contribution in [0.1, 0.15) is 32.5 Å². The fourth-order valence-electron chi connectivity index (χ4n) is 2.90. The third-order valence-corrected chi connectivity index (χ3v) is 4.49. The highest BCUT2D eigenvalue weighted by Crippen LogP contribution is 2.31. The number of hydrogen-bond acceptors (Lipinski definition) is 5. The summed E-state index contributed by atoms with van der Waals surface area (Å²) in [5.74, 6) is 0.350. The van der Waals surface area contributed by atoms with Gasteiger partial charge >= 0.3 is 0 Å². The molecule has 124 valence electrons. The summed E-state index contributed by atoms with van der Waals surface area (Å²) in [6.45, 7) is 3.52. The maximum Gasteiger partial charge on any atom is 0.293 e. The molecule has 2 heterocycles. The van der Waals surface area contributed by atoms with Crippen molar-refractivity contribution in [1.29, 1.82) is 0 Å². The molecule has 1 fully saturated rings. The molecule has 2 N–H and O–H groups in total. The number of hydrogen-bond donors (Lipinski definition) is 2. The van der Waals surface area contributed by atoms with Crippen molar-refractivity contribution in [3.8, 4) is 0 Å². The molecular weight excluding hydrogens is 413 g/mol. The molecule has 0 unspecified atom stereocenters. The van der Waals surface area contributed by atoms with E-state index in [1.54, 1.807) is 13.0 Å². The van der Waals surface area contributed by atoms with Crippen LogP contribution < -0.4 is 10.9 Å². The first-order valence-electron chi connectivity index (χ1n) is 7.46. The number of carbonyl (C=O) groups is 1. The van der Waals surface area contributed by atoms with Crippen molar-refractivity contribution < 1.29 is 9.90 Å². The van der Waals surface area contributed by atoms with E-state index >= 15 is 0 Å². The van der Waals surface area contributed by atoms with Crippen LogP contribution >= 0.6 is 22.6 Å². The minimum Gasteiger partial charge on any atom is -0.390 e. The van der Waals surface area contributed by atoms with Gasteiger partial charge in [-0.05, 0) is 42.4 Å². The van der Waals surface area contributed by atoms with Gasteiger partial charge in [-0.25, -0.2) is 9.20 Å². The Hall–Kier alpha value is -1.49. The molecule has 0 radical (unpaired) electrons. The molecule has 23 heavy (non-hydrogen) atoms. The van der Waals surface area contributed by atoms with Crippen LogP contribution in [0.5, 0.6) is 0 Å². The summed E-state index contributed by atoms with van der Waals surface area (Å²) in [6.07, 6.45) is 1.66. The third-order valence-electron chi connectivity index (χ3n) is 3.96. The van der Waals surface area contributed by atoms with Gasteiger partial charge in [-0.3, -0.25) is 9.59 Å². The lowest BCUT2D eigenvalue weighted by molar-refractivity contribution is -0.125. The smallest absolute Gasteiger partial charge is 0.293 e. The lowest BCUT2D eigenvalue weighted by atomic mass is 9.77. The van der Waals surface area contributed by atoms with Gasteiger partial charge in [0, 0.05) is 18.5 Å². The maximum atomic E-state index is 12.4. The number of nitrogens with zero attached hydrogens (tertiary/aromatic N) is 4. The molecule has 3 rings (SSSR count). The highest BCUT2D eigenvalue weighted by molar-refractivity contribution is 14.1. The fraction of sp³-hybridized carbons (Fsp3) is 0.571. The lowest BCUT2D eigenvalue weighted by Crippen LogP contribution is -2.54. The van der Waals surface area contributed by atoms with Crippen LogP contribution in [0, 0.1) is 3.70 Å². The molecule has 0 saturated heterocycles. The first kappa shape index (κ1) is 16.4. The van der Waals surface area contributed by atoms with E-state index < -0.39 is 5.60 Å². The molecule has 1 aliphatic carbocycles. The zero-order valence-corrected chi connectivity index (χ0v) is 15.1. The van der Waals surface area contributed by atoms with E-state index in [0.717, 1.165) is 0 Å². The molecule has 0 aromatic carbocycles. The summed E-state index contributed by atoms with van der Waals surface area (Å²) >= 11 is 2.04. The van der Waals surface area contributed by atoms with Gasteiger partial charge < -0.3 is 10.4 Å². The minimum absolute atomic E-state index is 0.0431. The Bertz CT molecular complexity index is 818. The van der Waals surface area contributed by atoms with Gasteiger partial charge in [0.05, 0.1) is 5.60 Å². The summed E-state index contributed by atoms with van der Waals surface area (Å²) in [5.41, 5.74) is -0.621. The number of halogens is 1. The molecule has 1 amide bonds. The summed E-state index contributed by atoms with van der Waals surface area (Å²) in [5, 5.41) is 21.0. The standard InChI is InChI=1S/C14H18IN5O3/c1-3-11-18-19(13(22)9-4-10(15)17-20(9)11)7-12(21)16-8-5-14(2,23)6-8/h4,8,23H,3,5-7H2,1-2H3,(H,16,21)/t8-,14+. The minimum atomic E-state index is -0.699. The highest BCUT2D eigenvalue weighted by atomic mass is 127. The van der Waals surface area contributed by atoms with E-state index in [0.29, 0.717) is 34.3 Å². The SMILES string of the molecule is CCc1nn(CC(=O)N[C@H]2C[C@@](C)(O)C2)c(=O)c2cc(I)nn12. The van der Waals surface area contributed by atoms with Crippen LogP contribution in [0.3, 0.4) is 0 Å². The van der Waals surface area contributed by atoms with Gasteiger partial charge in [-0.1, -0.05) is 6.92 Å². The van der Waals surface area contributed by atoms with E-state index in [1.165, 1.54) is 9.20 Å². The summed E-state index contributed by atoms with van der Waals surface area (Å²) in [6, 6.07) is 1.64. The number of rotatable bonds is 4. The number of aryl methyl sites for hydroxylation is 1. The number of fused-ring (bicyclic) bond motifs is 1. The summed E-state index contributed by atoms with van der Waals surface area (Å²) < 4.78 is 3.41. The number of aliphatic hydroxyl groups is 1. The normalized spacial score (nSPS) is 23.7. The number of nitrogens with one attached hydrogen (secondary N) is 1. The van der Waals surface area contributed by atoms with Crippen LogP contribution in [0.25, 0.3) is 5.52 Å². The summed E-state index contributed by atoms with van der Waals surface area (Å²) in [7, 11) is 0. The Balaban J connectivity index is 1.81. The van der Waals surface area contributed by atoms with Gasteiger partial charge in [-0.2, -0.15) is 10.2 Å². The molecule has 0 spiro atoms. The average Bonchev–Trinajstić information content (AvgIpc) is 2.82. The Morgan fingerprint density at radius 3 is 2.83 bits per heavy atom. The Labute approximate surface area is 146 Å². The first-order valence-corrected chi connectivity index (χ1v) is 8.54. The molecule has 0 atom stereocenters. The number of aromatic nitrogens is 4. The topological polar surface area (TPSA) is 102 Å². The third kappa shape index (κ3) is 3.25. The van der Waals surface area contributed by atoms with Gasteiger partial charge in [0.2, 0.25) is 5.91 Å². The Morgan fingerprint density at radius 1 is 1.52 bits per heavy atom. The van der Waals surface area contributed by atoms with Crippen molar-refractivity contribution in [3.63, 3.8) is 0 Å². The van der Waals surface area contributed by atoms with Crippen molar-refractivity contribution in [2.24, 2.45) is 0 Å². The Morgan fingerprint density at radius 2 is 2.22 bits per heavy atom. The molecule has 0 aliphatic heterocycles. The molecule has 9 heteroatoms. The predicted octanol–water partition coefficient (Wildman–Crippen LogP) is 0.0876. The van der Waals surface area contributed by atoms with Crippen molar-refractivity contribution in [2.45, 2.75) is 51.3 Å². The van der Waals surface area contributed by atoms with E-state index in [1.807, 2.05) is 29.5 Å². The zero-order valence-electron chi connectivity index (χ0n) is 12.9. The quantitative estimate of drug-likeness (QED) is 0.669. The monoisotopic (exact) mass is 431 g/mol. The number of carbonyl (C=O) groups excluding carboxylic acids is 1. The largest absolute Gasteiger partial charge is 0.390 e. The van der Waals surface area contributed by atoms with Gasteiger partial charge in [-0.15, -0.1) is 0 Å². The van der Waals surface area contributed by atoms with Crippen molar-refractivity contribution >= 4 is 34.0 Å². The zero-order chi connectivity index (χ0) is 16.8. The maximum absolute atomic E-state index is 12.4. The summed E-state index contributed by atoms with van der Waals surface area (Å²) in [4.78, 5) is 24.5.